The largest absolute Gasteiger partial charge is 0.374 e. The minimum atomic E-state index is -0.654. The average Bonchev–Trinajstić information content (AvgIpc) is 1.86. The number of hydrogen-bond donors (Lipinski definition) is 2. The van der Waals surface area contributed by atoms with Gasteiger partial charge in [0, 0.05) is 6.92 Å². The van der Waals surface area contributed by atoms with Crippen LogP contribution in [-0.4, -0.2) is 17.2 Å². The Labute approximate surface area is 67.8 Å². The Hall–Kier alpha value is -0.570. The smallest absolute Gasteiger partial charge is 0.218 e. The van der Waals surface area contributed by atoms with Gasteiger partial charge in [-0.3, -0.25) is 4.79 Å². The first kappa shape index (κ1) is 10.4. The fourth-order valence-corrected chi connectivity index (χ4v) is 0.894. The van der Waals surface area contributed by atoms with Crippen LogP contribution in [0, 0.1) is 0 Å². The molecule has 1 unspecified atom stereocenters. The van der Waals surface area contributed by atoms with Crippen LogP contribution in [0.4, 0.5) is 0 Å². The summed E-state index contributed by atoms with van der Waals surface area (Å²) in [5.41, 5.74) is 0. The topological polar surface area (TPSA) is 49.3 Å². The molecule has 0 spiro atoms. The van der Waals surface area contributed by atoms with Crippen LogP contribution in [-0.2, 0) is 4.79 Å². The van der Waals surface area contributed by atoms with Crippen molar-refractivity contribution >= 4 is 5.91 Å². The summed E-state index contributed by atoms with van der Waals surface area (Å²) in [6, 6.07) is 0. The van der Waals surface area contributed by atoms with Crippen molar-refractivity contribution in [3.8, 4) is 0 Å². The molecule has 0 radical (unpaired) electrons. The van der Waals surface area contributed by atoms with E-state index in [1.54, 1.807) is 0 Å². The molecular formula is C8H17NO2. The third-order valence-electron chi connectivity index (χ3n) is 1.45. The zero-order valence-electron chi connectivity index (χ0n) is 7.26. The highest BCUT2D eigenvalue weighted by atomic mass is 16.3. The molecule has 2 N–H and O–H groups in total. The molecule has 0 aromatic rings. The van der Waals surface area contributed by atoms with Gasteiger partial charge in [0.25, 0.3) is 0 Å². The highest BCUT2D eigenvalue weighted by Gasteiger charge is 2.02. The van der Waals surface area contributed by atoms with Gasteiger partial charge in [0.1, 0.15) is 6.23 Å². The van der Waals surface area contributed by atoms with Gasteiger partial charge in [-0.1, -0.05) is 19.8 Å². The number of carbonyl (C=O) groups excluding carboxylic acids is 1. The zero-order valence-corrected chi connectivity index (χ0v) is 7.26. The molecule has 0 fully saturated rings. The molecular weight excluding hydrogens is 142 g/mol. The predicted octanol–water partition coefficient (Wildman–Crippen LogP) is 1.02. The first-order chi connectivity index (χ1) is 5.16. The monoisotopic (exact) mass is 159 g/mol. The van der Waals surface area contributed by atoms with Crippen molar-refractivity contribution < 1.29 is 9.90 Å². The number of amides is 1. The van der Waals surface area contributed by atoms with Gasteiger partial charge in [-0.05, 0) is 12.8 Å². The predicted molar refractivity (Wildman–Crippen MR) is 44.0 cm³/mol. The Kier molecular flexibility index (Phi) is 5.84. The number of aliphatic hydroxyl groups excluding tert-OH is 1. The van der Waals surface area contributed by atoms with E-state index in [-0.39, 0.29) is 5.91 Å². The lowest BCUT2D eigenvalue weighted by Crippen LogP contribution is -2.32. The Morgan fingerprint density at radius 3 is 2.64 bits per heavy atom. The summed E-state index contributed by atoms with van der Waals surface area (Å²) >= 11 is 0. The molecule has 0 heterocycles. The molecule has 3 nitrogen and oxygen atoms in total. The zero-order chi connectivity index (χ0) is 8.69. The third kappa shape index (κ3) is 7.33. The van der Waals surface area contributed by atoms with Crippen molar-refractivity contribution in [3.63, 3.8) is 0 Å². The van der Waals surface area contributed by atoms with E-state index in [4.69, 9.17) is 5.11 Å². The minimum Gasteiger partial charge on any atom is -0.374 e. The van der Waals surface area contributed by atoms with Crippen LogP contribution in [0.1, 0.15) is 39.5 Å². The van der Waals surface area contributed by atoms with E-state index in [0.29, 0.717) is 6.42 Å². The summed E-state index contributed by atoms with van der Waals surface area (Å²) in [6.45, 7) is 3.51. The Balaban J connectivity index is 3.22. The van der Waals surface area contributed by atoms with Crippen LogP contribution >= 0.6 is 0 Å². The number of rotatable bonds is 5. The number of hydrogen-bond acceptors (Lipinski definition) is 2. The molecule has 0 aliphatic rings. The van der Waals surface area contributed by atoms with Crippen LogP contribution in [0.15, 0.2) is 0 Å². The van der Waals surface area contributed by atoms with E-state index in [1.165, 1.54) is 6.92 Å². The van der Waals surface area contributed by atoms with Crippen LogP contribution < -0.4 is 5.32 Å². The van der Waals surface area contributed by atoms with E-state index < -0.39 is 6.23 Å². The van der Waals surface area contributed by atoms with Crippen molar-refractivity contribution in [3.05, 3.63) is 0 Å². The second-order valence-corrected chi connectivity index (χ2v) is 2.71. The first-order valence-electron chi connectivity index (χ1n) is 4.12. The van der Waals surface area contributed by atoms with Gasteiger partial charge in [0.15, 0.2) is 0 Å². The summed E-state index contributed by atoms with van der Waals surface area (Å²) in [4.78, 5) is 10.4. The summed E-state index contributed by atoms with van der Waals surface area (Å²) in [5, 5.41) is 11.5. The van der Waals surface area contributed by atoms with Gasteiger partial charge in [0.2, 0.25) is 5.91 Å². The van der Waals surface area contributed by atoms with Crippen molar-refractivity contribution in [1.29, 1.82) is 0 Å². The van der Waals surface area contributed by atoms with Crippen molar-refractivity contribution in [2.75, 3.05) is 0 Å². The SMILES string of the molecule is CCCCCC(O)NC(C)=O. The maximum Gasteiger partial charge on any atom is 0.218 e. The van der Waals surface area contributed by atoms with Gasteiger partial charge in [-0.15, -0.1) is 0 Å². The van der Waals surface area contributed by atoms with Gasteiger partial charge < -0.3 is 10.4 Å². The van der Waals surface area contributed by atoms with Gasteiger partial charge in [0.05, 0.1) is 0 Å². The molecule has 0 aliphatic carbocycles. The Morgan fingerprint density at radius 1 is 1.55 bits per heavy atom. The lowest BCUT2D eigenvalue weighted by Gasteiger charge is -2.09. The quantitative estimate of drug-likeness (QED) is 0.465. The molecule has 1 amide bonds. The fourth-order valence-electron chi connectivity index (χ4n) is 0.894. The van der Waals surface area contributed by atoms with Crippen LogP contribution in [0.5, 0.6) is 0 Å². The Bertz CT molecular complexity index is 115. The van der Waals surface area contributed by atoms with Crippen molar-refractivity contribution in [2.24, 2.45) is 0 Å². The molecule has 1 atom stereocenters. The third-order valence-corrected chi connectivity index (χ3v) is 1.45. The highest BCUT2D eigenvalue weighted by molar-refractivity contribution is 5.72. The summed E-state index contributed by atoms with van der Waals surface area (Å²) in [5.74, 6) is -0.172. The Morgan fingerprint density at radius 2 is 2.18 bits per heavy atom. The number of carbonyl (C=O) groups is 1. The van der Waals surface area contributed by atoms with Gasteiger partial charge in [-0.25, -0.2) is 0 Å². The minimum absolute atomic E-state index is 0.172. The molecule has 0 aliphatic heterocycles. The van der Waals surface area contributed by atoms with Crippen LogP contribution in [0.3, 0.4) is 0 Å². The van der Waals surface area contributed by atoms with E-state index in [0.717, 1.165) is 19.3 Å². The summed E-state index contributed by atoms with van der Waals surface area (Å²) in [6.07, 6.45) is 3.22. The molecule has 0 saturated carbocycles. The molecule has 66 valence electrons. The molecule has 11 heavy (non-hydrogen) atoms. The normalized spacial score (nSPS) is 12.6. The van der Waals surface area contributed by atoms with Crippen LogP contribution in [0.2, 0.25) is 0 Å². The van der Waals surface area contributed by atoms with Gasteiger partial charge >= 0.3 is 0 Å². The number of nitrogens with one attached hydrogen (secondary N) is 1. The van der Waals surface area contributed by atoms with Crippen LogP contribution in [0.25, 0.3) is 0 Å². The number of aliphatic hydroxyl groups is 1. The lowest BCUT2D eigenvalue weighted by molar-refractivity contribution is -0.122. The van der Waals surface area contributed by atoms with E-state index in [1.807, 2.05) is 0 Å². The summed E-state index contributed by atoms with van der Waals surface area (Å²) in [7, 11) is 0. The van der Waals surface area contributed by atoms with E-state index >= 15 is 0 Å². The molecule has 0 aromatic carbocycles. The van der Waals surface area contributed by atoms with Crippen molar-refractivity contribution in [2.45, 2.75) is 45.8 Å². The molecule has 0 rings (SSSR count). The highest BCUT2D eigenvalue weighted by Crippen LogP contribution is 2.00. The molecule has 3 heteroatoms. The average molecular weight is 159 g/mol. The molecule has 0 saturated heterocycles. The maximum atomic E-state index is 10.4. The second kappa shape index (κ2) is 6.16. The fraction of sp³-hybridized carbons (Fsp3) is 0.875. The van der Waals surface area contributed by atoms with E-state index in [2.05, 4.69) is 12.2 Å². The van der Waals surface area contributed by atoms with Gasteiger partial charge in [-0.2, -0.15) is 0 Å². The second-order valence-electron chi connectivity index (χ2n) is 2.71. The lowest BCUT2D eigenvalue weighted by atomic mass is 10.2. The van der Waals surface area contributed by atoms with E-state index in [9.17, 15) is 4.79 Å². The summed E-state index contributed by atoms with van der Waals surface area (Å²) < 4.78 is 0. The standard InChI is InChI=1S/C8H17NO2/c1-3-4-5-6-8(11)9-7(2)10/h8,11H,3-6H2,1-2H3,(H,9,10). The maximum absolute atomic E-state index is 10.4. The van der Waals surface area contributed by atoms with Crippen molar-refractivity contribution in [1.82, 2.24) is 5.32 Å². The molecule has 0 bridgehead atoms. The first-order valence-corrected chi connectivity index (χ1v) is 4.12. The number of unbranched alkanes of at least 4 members (excludes halogenated alkanes) is 2. The molecule has 0 aromatic heterocycles.